The van der Waals surface area contributed by atoms with E-state index in [-0.39, 0.29) is 31.2 Å². The molecule has 352 valence electrons. The summed E-state index contributed by atoms with van der Waals surface area (Å²) >= 11 is 0. The van der Waals surface area contributed by atoms with Crippen LogP contribution < -0.4 is 49.1 Å². The monoisotopic (exact) mass is 889 g/mol. The SMILES string of the molecule is CC[C@H](C)[C@H](NC(=O)[C@@H]1CCCN1C[C@H](Cc1ccccc1)NC(=O)[C@H](CC(N)=O)NC(=O)[C@H](CCC(N)=O)NC(=O)[C@H](CO)NC(=O)[C@@H](N)C(C)C)C(=O)N[C@H](C(=O)O)C(C)C. The standard InChI is InChI=1S/C42H68N10O11/c1-7-24(6)35(41(61)50-34(23(4)5)42(62)63)51-39(59)30-14-11-17-52(30)20-26(18-25-12-9-8-10-13-25)46-37(57)28(19-32(44)55)48-36(56)27(15-16-31(43)54)47-38(58)29(21-53)49-40(60)33(45)22(2)3/h8-10,12-13,22-24,26-30,33-35,53H,7,11,14-21,45H2,1-6H3,(H2,43,54)(H2,44,55)(H,46,57)(H,47,58)(H,48,56)(H,49,60)(H,50,61)(H,51,59)(H,62,63)/t24-,26-,27-,28-,29-,30-,33-,34-,35-/m0/s1. The Morgan fingerprint density at radius 3 is 1.86 bits per heavy atom. The summed E-state index contributed by atoms with van der Waals surface area (Å²) in [5, 5.41) is 35.0. The van der Waals surface area contributed by atoms with E-state index >= 15 is 0 Å². The summed E-state index contributed by atoms with van der Waals surface area (Å²) in [6.07, 6.45) is 0.331. The molecule has 14 N–H and O–H groups in total. The molecule has 1 fully saturated rings. The number of nitrogens with two attached hydrogens (primary N) is 3. The maximum absolute atomic E-state index is 14.1. The maximum atomic E-state index is 14.1. The summed E-state index contributed by atoms with van der Waals surface area (Å²) in [4.78, 5) is 119. The number of nitrogens with one attached hydrogen (secondary N) is 6. The number of aliphatic hydroxyl groups excluding tert-OH is 1. The van der Waals surface area contributed by atoms with Crippen LogP contribution in [0.2, 0.25) is 0 Å². The molecule has 8 amide bonds. The van der Waals surface area contributed by atoms with Crippen molar-refractivity contribution >= 4 is 53.2 Å². The minimum atomic E-state index is -1.59. The van der Waals surface area contributed by atoms with Crippen LogP contribution in [0, 0.1) is 17.8 Å². The van der Waals surface area contributed by atoms with E-state index in [1.807, 2.05) is 30.0 Å². The van der Waals surface area contributed by atoms with E-state index in [9.17, 15) is 53.4 Å². The highest BCUT2D eigenvalue weighted by atomic mass is 16.4. The van der Waals surface area contributed by atoms with Crippen LogP contribution in [0.4, 0.5) is 0 Å². The molecule has 63 heavy (non-hydrogen) atoms. The molecule has 0 unspecified atom stereocenters. The zero-order valence-corrected chi connectivity index (χ0v) is 37.1. The van der Waals surface area contributed by atoms with E-state index in [0.717, 1.165) is 5.56 Å². The molecule has 0 spiro atoms. The van der Waals surface area contributed by atoms with E-state index in [2.05, 4.69) is 31.9 Å². The number of carbonyl (C=O) groups excluding carboxylic acids is 8. The second kappa shape index (κ2) is 26.1. The van der Waals surface area contributed by atoms with Gasteiger partial charge in [-0.25, -0.2) is 4.79 Å². The predicted molar refractivity (Wildman–Crippen MR) is 230 cm³/mol. The Morgan fingerprint density at radius 1 is 0.730 bits per heavy atom. The number of aliphatic hydroxyl groups is 1. The first kappa shape index (κ1) is 53.5. The van der Waals surface area contributed by atoms with Gasteiger partial charge in [0.25, 0.3) is 0 Å². The average Bonchev–Trinajstić information content (AvgIpc) is 3.69. The fourth-order valence-electron chi connectivity index (χ4n) is 6.97. The van der Waals surface area contributed by atoms with Crippen LogP contribution in [-0.4, -0.2) is 136 Å². The first-order chi connectivity index (χ1) is 29.6. The topological polar surface area (TPSA) is 348 Å². The molecule has 0 bridgehead atoms. The highest BCUT2D eigenvalue weighted by molar-refractivity contribution is 5.96. The fourth-order valence-corrected chi connectivity index (χ4v) is 6.97. The number of benzene rings is 1. The van der Waals surface area contributed by atoms with Crippen molar-refractivity contribution in [3.63, 3.8) is 0 Å². The van der Waals surface area contributed by atoms with Crippen LogP contribution in [0.15, 0.2) is 30.3 Å². The summed E-state index contributed by atoms with van der Waals surface area (Å²) < 4.78 is 0. The van der Waals surface area contributed by atoms with Gasteiger partial charge < -0.3 is 59.3 Å². The average molecular weight is 889 g/mol. The Balaban J connectivity index is 2.37. The molecule has 0 radical (unpaired) electrons. The van der Waals surface area contributed by atoms with Crippen LogP contribution in [0.5, 0.6) is 0 Å². The molecule has 1 heterocycles. The van der Waals surface area contributed by atoms with Gasteiger partial charge in [-0.3, -0.25) is 43.3 Å². The van der Waals surface area contributed by atoms with Crippen molar-refractivity contribution in [1.29, 1.82) is 0 Å². The maximum Gasteiger partial charge on any atom is 0.326 e. The van der Waals surface area contributed by atoms with Gasteiger partial charge in [0.15, 0.2) is 0 Å². The number of hydrogen-bond acceptors (Lipinski definition) is 12. The van der Waals surface area contributed by atoms with Gasteiger partial charge in [-0.1, -0.05) is 78.3 Å². The van der Waals surface area contributed by atoms with Gasteiger partial charge in [0.05, 0.1) is 25.1 Å². The molecule has 1 aliphatic rings. The number of amides is 8. The molecule has 0 aliphatic carbocycles. The van der Waals surface area contributed by atoms with Crippen LogP contribution in [0.1, 0.15) is 85.6 Å². The van der Waals surface area contributed by atoms with Crippen molar-refractivity contribution in [2.45, 2.75) is 135 Å². The number of nitrogens with zero attached hydrogens (tertiary/aromatic N) is 1. The summed E-state index contributed by atoms with van der Waals surface area (Å²) in [6, 6.07) is -0.269. The minimum Gasteiger partial charge on any atom is -0.480 e. The molecule has 1 aromatic carbocycles. The van der Waals surface area contributed by atoms with Gasteiger partial charge in [0.2, 0.25) is 47.3 Å². The highest BCUT2D eigenvalue weighted by Gasteiger charge is 2.38. The number of rotatable bonds is 27. The van der Waals surface area contributed by atoms with E-state index in [1.54, 1.807) is 46.8 Å². The van der Waals surface area contributed by atoms with Crippen LogP contribution >= 0.6 is 0 Å². The molecule has 1 aliphatic heterocycles. The van der Waals surface area contributed by atoms with Gasteiger partial charge >= 0.3 is 5.97 Å². The Bertz CT molecular complexity index is 1750. The van der Waals surface area contributed by atoms with Crippen molar-refractivity contribution in [2.75, 3.05) is 19.7 Å². The van der Waals surface area contributed by atoms with Crippen molar-refractivity contribution in [1.82, 2.24) is 36.8 Å². The van der Waals surface area contributed by atoms with Gasteiger partial charge in [-0.15, -0.1) is 0 Å². The first-order valence-electron chi connectivity index (χ1n) is 21.4. The zero-order chi connectivity index (χ0) is 47.6. The van der Waals surface area contributed by atoms with Crippen molar-refractivity contribution in [2.24, 2.45) is 35.0 Å². The van der Waals surface area contributed by atoms with E-state index in [0.29, 0.717) is 25.8 Å². The normalized spacial score (nSPS) is 17.8. The molecule has 1 saturated heterocycles. The second-order valence-corrected chi connectivity index (χ2v) is 16.8. The number of primary amides is 2. The number of hydrogen-bond donors (Lipinski definition) is 11. The first-order valence-corrected chi connectivity index (χ1v) is 21.4. The van der Waals surface area contributed by atoms with E-state index < -0.39 is 127 Å². The van der Waals surface area contributed by atoms with Gasteiger partial charge in [0, 0.05) is 19.0 Å². The number of carboxylic acid groups (broad SMARTS) is 1. The van der Waals surface area contributed by atoms with Gasteiger partial charge in [0.1, 0.15) is 30.2 Å². The Hall–Kier alpha value is -5.67. The van der Waals surface area contributed by atoms with Crippen molar-refractivity contribution < 1.29 is 53.4 Å². The Labute approximate surface area is 368 Å². The molecule has 2 rings (SSSR count). The lowest BCUT2D eigenvalue weighted by molar-refractivity contribution is -0.144. The minimum absolute atomic E-state index is 0.108. The zero-order valence-electron chi connectivity index (χ0n) is 37.1. The summed E-state index contributed by atoms with van der Waals surface area (Å²) in [5.74, 6) is -8.72. The largest absolute Gasteiger partial charge is 0.480 e. The summed E-state index contributed by atoms with van der Waals surface area (Å²) in [6.45, 7) is 9.97. The molecule has 1 aromatic rings. The molecule has 0 aromatic heterocycles. The van der Waals surface area contributed by atoms with Crippen molar-refractivity contribution in [3.8, 4) is 0 Å². The van der Waals surface area contributed by atoms with Crippen LogP contribution in [-0.2, 0) is 49.6 Å². The lowest BCUT2D eigenvalue weighted by Crippen LogP contribution is -2.60. The smallest absolute Gasteiger partial charge is 0.326 e. The lowest BCUT2D eigenvalue weighted by Gasteiger charge is -2.32. The predicted octanol–water partition coefficient (Wildman–Crippen LogP) is -2.49. The summed E-state index contributed by atoms with van der Waals surface area (Å²) in [5.41, 5.74) is 17.5. The van der Waals surface area contributed by atoms with Gasteiger partial charge in [-0.05, 0) is 55.5 Å². The van der Waals surface area contributed by atoms with E-state index in [1.165, 1.54) is 0 Å². The van der Waals surface area contributed by atoms with Crippen LogP contribution in [0.3, 0.4) is 0 Å². The molecular weight excluding hydrogens is 821 g/mol. The Kier molecular flexibility index (Phi) is 22.1. The van der Waals surface area contributed by atoms with Gasteiger partial charge in [-0.2, -0.15) is 0 Å². The van der Waals surface area contributed by atoms with E-state index in [4.69, 9.17) is 17.2 Å². The molecule has 0 saturated carbocycles. The fraction of sp³-hybridized carbons (Fsp3) is 0.643. The third kappa shape index (κ3) is 17.6. The number of aliphatic carboxylic acids is 1. The Morgan fingerprint density at radius 2 is 1.32 bits per heavy atom. The molecule has 21 nitrogen and oxygen atoms in total. The number of carbonyl (C=O) groups is 9. The highest BCUT2D eigenvalue weighted by Crippen LogP contribution is 2.20. The van der Waals surface area contributed by atoms with Crippen molar-refractivity contribution in [3.05, 3.63) is 35.9 Å². The quantitative estimate of drug-likeness (QED) is 0.0436. The molecule has 9 atom stereocenters. The third-order valence-corrected chi connectivity index (χ3v) is 11.0. The third-order valence-electron chi connectivity index (χ3n) is 11.0. The number of carboxylic acids is 1. The lowest BCUT2D eigenvalue weighted by atomic mass is 9.96. The summed E-state index contributed by atoms with van der Waals surface area (Å²) in [7, 11) is 0. The van der Waals surface area contributed by atoms with Crippen LogP contribution in [0.25, 0.3) is 0 Å². The molecular formula is C42H68N10O11. The second-order valence-electron chi connectivity index (χ2n) is 16.8. The number of likely N-dealkylation sites (tertiary alicyclic amines) is 1. The molecule has 21 heteroatoms.